The maximum atomic E-state index is 5.90. The van der Waals surface area contributed by atoms with Crippen LogP contribution in [0.3, 0.4) is 0 Å². The minimum absolute atomic E-state index is 0.189. The van der Waals surface area contributed by atoms with Crippen molar-refractivity contribution < 1.29 is 0 Å². The molecule has 0 unspecified atom stereocenters. The van der Waals surface area contributed by atoms with Gasteiger partial charge in [0.25, 0.3) is 0 Å². The van der Waals surface area contributed by atoms with Crippen LogP contribution in [0.25, 0.3) is 0 Å². The van der Waals surface area contributed by atoms with Gasteiger partial charge in [0.1, 0.15) is 0 Å². The molecule has 0 radical (unpaired) electrons. The van der Waals surface area contributed by atoms with E-state index in [9.17, 15) is 0 Å². The predicted octanol–water partition coefficient (Wildman–Crippen LogP) is 0.965. The third-order valence-corrected chi connectivity index (χ3v) is 3.50. The summed E-state index contributed by atoms with van der Waals surface area (Å²) in [5.41, 5.74) is 6.09. The van der Waals surface area contributed by atoms with Crippen molar-refractivity contribution in [1.82, 2.24) is 10.2 Å². The zero-order valence-electron chi connectivity index (χ0n) is 9.97. The van der Waals surface area contributed by atoms with Crippen molar-refractivity contribution >= 4 is 0 Å². The average molecular weight is 211 g/mol. The molecule has 0 spiro atoms. The molecule has 1 heterocycles. The molecule has 0 aromatic carbocycles. The van der Waals surface area contributed by atoms with Crippen LogP contribution in [0.5, 0.6) is 0 Å². The SMILES string of the molecule is C=CCCNC1(CN)CCN(CC)CC1. The molecule has 0 aromatic rings. The van der Waals surface area contributed by atoms with Crippen molar-refractivity contribution in [3.8, 4) is 0 Å². The summed E-state index contributed by atoms with van der Waals surface area (Å²) in [6.45, 7) is 11.2. The molecule has 1 fully saturated rings. The topological polar surface area (TPSA) is 41.3 Å². The van der Waals surface area contributed by atoms with Crippen LogP contribution in [-0.2, 0) is 0 Å². The Labute approximate surface area is 93.7 Å². The molecular weight excluding hydrogens is 186 g/mol. The summed E-state index contributed by atoms with van der Waals surface area (Å²) in [5.74, 6) is 0. The van der Waals surface area contributed by atoms with Gasteiger partial charge < -0.3 is 16.0 Å². The van der Waals surface area contributed by atoms with Crippen molar-refractivity contribution in [3.05, 3.63) is 12.7 Å². The highest BCUT2D eigenvalue weighted by Crippen LogP contribution is 2.20. The lowest BCUT2D eigenvalue weighted by Gasteiger charge is -2.41. The van der Waals surface area contributed by atoms with Gasteiger partial charge >= 0.3 is 0 Å². The van der Waals surface area contributed by atoms with Crippen molar-refractivity contribution in [3.63, 3.8) is 0 Å². The second-order valence-electron chi connectivity index (χ2n) is 4.42. The fourth-order valence-corrected chi connectivity index (χ4v) is 2.19. The largest absolute Gasteiger partial charge is 0.329 e. The van der Waals surface area contributed by atoms with E-state index in [2.05, 4.69) is 23.7 Å². The van der Waals surface area contributed by atoms with E-state index in [1.54, 1.807) is 0 Å². The van der Waals surface area contributed by atoms with Gasteiger partial charge in [-0.05, 0) is 45.4 Å². The van der Waals surface area contributed by atoms with Crippen LogP contribution in [0.4, 0.5) is 0 Å². The number of likely N-dealkylation sites (tertiary alicyclic amines) is 1. The molecule has 1 saturated heterocycles. The maximum Gasteiger partial charge on any atom is 0.0328 e. The van der Waals surface area contributed by atoms with Crippen molar-refractivity contribution in [2.24, 2.45) is 5.73 Å². The van der Waals surface area contributed by atoms with Gasteiger partial charge in [0.15, 0.2) is 0 Å². The minimum atomic E-state index is 0.189. The monoisotopic (exact) mass is 211 g/mol. The van der Waals surface area contributed by atoms with Gasteiger partial charge in [0, 0.05) is 12.1 Å². The highest BCUT2D eigenvalue weighted by atomic mass is 15.2. The van der Waals surface area contributed by atoms with E-state index in [4.69, 9.17) is 5.73 Å². The Morgan fingerprint density at radius 1 is 1.47 bits per heavy atom. The number of nitrogens with two attached hydrogens (primary N) is 1. The van der Waals surface area contributed by atoms with E-state index >= 15 is 0 Å². The molecule has 3 N–H and O–H groups in total. The Morgan fingerprint density at radius 2 is 2.13 bits per heavy atom. The second-order valence-corrected chi connectivity index (χ2v) is 4.42. The normalized spacial score (nSPS) is 21.5. The number of nitrogens with zero attached hydrogens (tertiary/aromatic N) is 1. The quantitative estimate of drug-likeness (QED) is 0.508. The van der Waals surface area contributed by atoms with Gasteiger partial charge in [-0.2, -0.15) is 0 Å². The van der Waals surface area contributed by atoms with Crippen LogP contribution in [0, 0.1) is 0 Å². The van der Waals surface area contributed by atoms with E-state index < -0.39 is 0 Å². The number of hydrogen-bond acceptors (Lipinski definition) is 3. The van der Waals surface area contributed by atoms with Crippen LogP contribution >= 0.6 is 0 Å². The first-order chi connectivity index (χ1) is 7.26. The van der Waals surface area contributed by atoms with Gasteiger partial charge in [0.05, 0.1) is 0 Å². The summed E-state index contributed by atoms with van der Waals surface area (Å²) in [6.07, 6.45) is 5.33. The Bertz CT molecular complexity index is 183. The minimum Gasteiger partial charge on any atom is -0.329 e. The summed E-state index contributed by atoms with van der Waals surface area (Å²) in [7, 11) is 0. The number of hydrogen-bond donors (Lipinski definition) is 2. The molecule has 0 atom stereocenters. The van der Waals surface area contributed by atoms with E-state index in [1.807, 2.05) is 6.08 Å². The predicted molar refractivity (Wildman–Crippen MR) is 66.0 cm³/mol. The van der Waals surface area contributed by atoms with E-state index in [1.165, 1.54) is 25.9 Å². The Morgan fingerprint density at radius 3 is 2.60 bits per heavy atom. The summed E-state index contributed by atoms with van der Waals surface area (Å²) in [4.78, 5) is 2.49. The van der Waals surface area contributed by atoms with Crippen LogP contribution in [0.2, 0.25) is 0 Å². The van der Waals surface area contributed by atoms with Crippen LogP contribution in [-0.4, -0.2) is 43.2 Å². The lowest BCUT2D eigenvalue weighted by Crippen LogP contribution is -2.57. The molecule has 88 valence electrons. The third-order valence-electron chi connectivity index (χ3n) is 3.50. The van der Waals surface area contributed by atoms with Gasteiger partial charge in [0.2, 0.25) is 0 Å². The van der Waals surface area contributed by atoms with Gasteiger partial charge in [-0.3, -0.25) is 0 Å². The molecular formula is C12H25N3. The van der Waals surface area contributed by atoms with Crippen LogP contribution < -0.4 is 11.1 Å². The number of rotatable bonds is 6. The maximum absolute atomic E-state index is 5.90. The van der Waals surface area contributed by atoms with Gasteiger partial charge in [-0.1, -0.05) is 13.0 Å². The summed E-state index contributed by atoms with van der Waals surface area (Å²) in [5, 5.41) is 3.61. The molecule has 0 aromatic heterocycles. The van der Waals surface area contributed by atoms with E-state index in [-0.39, 0.29) is 5.54 Å². The molecule has 0 aliphatic carbocycles. The zero-order chi connectivity index (χ0) is 11.1. The smallest absolute Gasteiger partial charge is 0.0328 e. The fraction of sp³-hybridized carbons (Fsp3) is 0.833. The van der Waals surface area contributed by atoms with Gasteiger partial charge in [-0.25, -0.2) is 0 Å². The van der Waals surface area contributed by atoms with Crippen molar-refractivity contribution in [2.75, 3.05) is 32.7 Å². The molecule has 0 amide bonds. The van der Waals surface area contributed by atoms with E-state index in [0.717, 1.165) is 26.1 Å². The Kier molecular flexibility index (Phi) is 5.29. The van der Waals surface area contributed by atoms with Crippen LogP contribution in [0.15, 0.2) is 12.7 Å². The number of piperidine rings is 1. The Hall–Kier alpha value is -0.380. The molecule has 3 heteroatoms. The molecule has 1 aliphatic rings. The lowest BCUT2D eigenvalue weighted by molar-refractivity contribution is 0.145. The zero-order valence-corrected chi connectivity index (χ0v) is 9.97. The second kappa shape index (κ2) is 6.26. The average Bonchev–Trinajstić information content (AvgIpc) is 2.30. The first kappa shape index (κ1) is 12.7. The van der Waals surface area contributed by atoms with Crippen molar-refractivity contribution in [1.29, 1.82) is 0 Å². The Balaban J connectivity index is 2.37. The number of nitrogens with one attached hydrogen (secondary N) is 1. The summed E-state index contributed by atoms with van der Waals surface area (Å²) < 4.78 is 0. The highest BCUT2D eigenvalue weighted by molar-refractivity contribution is 4.94. The van der Waals surface area contributed by atoms with Crippen molar-refractivity contribution in [2.45, 2.75) is 31.7 Å². The summed E-state index contributed by atoms with van der Waals surface area (Å²) >= 11 is 0. The van der Waals surface area contributed by atoms with Crippen LogP contribution in [0.1, 0.15) is 26.2 Å². The third kappa shape index (κ3) is 3.59. The van der Waals surface area contributed by atoms with E-state index in [0.29, 0.717) is 0 Å². The fourth-order valence-electron chi connectivity index (χ4n) is 2.19. The molecule has 15 heavy (non-hydrogen) atoms. The molecule has 0 bridgehead atoms. The standard InChI is InChI=1S/C12H25N3/c1-3-5-8-14-12(11-13)6-9-15(4-2)10-7-12/h3,14H,1,4-11,13H2,2H3. The van der Waals surface area contributed by atoms with Gasteiger partial charge in [-0.15, -0.1) is 6.58 Å². The summed E-state index contributed by atoms with van der Waals surface area (Å²) in [6, 6.07) is 0. The molecule has 0 saturated carbocycles. The first-order valence-electron chi connectivity index (χ1n) is 6.04. The molecule has 3 nitrogen and oxygen atoms in total. The highest BCUT2D eigenvalue weighted by Gasteiger charge is 2.31. The molecule has 1 aliphatic heterocycles. The molecule has 1 rings (SSSR count). The first-order valence-corrected chi connectivity index (χ1v) is 6.04. The lowest BCUT2D eigenvalue weighted by atomic mass is 9.87.